The van der Waals surface area contributed by atoms with Crippen molar-refractivity contribution < 1.29 is 38.2 Å². The molecule has 2 atom stereocenters. The van der Waals surface area contributed by atoms with Gasteiger partial charge in [0.2, 0.25) is 0 Å². The predicted molar refractivity (Wildman–Crippen MR) is 271 cm³/mol. The zero-order valence-electron chi connectivity index (χ0n) is 42.5. The Labute approximate surface area is 395 Å². The molecule has 0 saturated heterocycles. The molecule has 0 heterocycles. The highest BCUT2D eigenvalue weighted by atomic mass is 16.6. The molecule has 64 heavy (non-hydrogen) atoms. The number of rotatable bonds is 48. The number of nitrogens with zero attached hydrogens (tertiary/aromatic N) is 1. The highest BCUT2D eigenvalue weighted by Crippen LogP contribution is 2.15. The fourth-order valence-corrected chi connectivity index (χ4v) is 7.81. The first-order valence-electron chi connectivity index (χ1n) is 26.7. The van der Waals surface area contributed by atoms with Gasteiger partial charge in [0.25, 0.3) is 0 Å². The molecule has 0 spiro atoms. The molecule has 0 aliphatic carbocycles. The minimum atomic E-state index is -0.882. The lowest BCUT2D eigenvalue weighted by molar-refractivity contribution is -0.887. The Balaban J connectivity index is 4.26. The van der Waals surface area contributed by atoms with E-state index in [0.717, 1.165) is 38.5 Å². The normalized spacial score (nSPS) is 13.2. The first kappa shape index (κ1) is 61.3. The molecule has 0 aromatic heterocycles. The summed E-state index contributed by atoms with van der Waals surface area (Å²) in [4.78, 5) is 37.1. The van der Waals surface area contributed by atoms with Crippen LogP contribution in [0.15, 0.2) is 48.6 Å². The van der Waals surface area contributed by atoms with Gasteiger partial charge in [-0.05, 0) is 70.6 Å². The summed E-state index contributed by atoms with van der Waals surface area (Å²) in [7, 11) is 5.52. The molecule has 0 saturated carbocycles. The van der Waals surface area contributed by atoms with Crippen LogP contribution in [0, 0.1) is 0 Å². The van der Waals surface area contributed by atoms with Gasteiger partial charge in [0, 0.05) is 19.3 Å². The third-order valence-corrected chi connectivity index (χ3v) is 12.0. The summed E-state index contributed by atoms with van der Waals surface area (Å²) in [5.41, 5.74) is 0. The summed E-state index contributed by atoms with van der Waals surface area (Å²) in [5, 5.41) is 9.65. The van der Waals surface area contributed by atoms with Gasteiger partial charge in [0.05, 0.1) is 34.4 Å². The second-order valence-electron chi connectivity index (χ2n) is 19.1. The molecule has 0 aromatic carbocycles. The number of esters is 2. The highest BCUT2D eigenvalue weighted by molar-refractivity contribution is 5.72. The fraction of sp³-hybridized carbons (Fsp3) is 0.804. The van der Waals surface area contributed by atoms with Gasteiger partial charge >= 0.3 is 17.9 Å². The van der Waals surface area contributed by atoms with E-state index in [1.807, 2.05) is 21.1 Å². The number of quaternary nitrogens is 1. The SMILES string of the molecule is CCCCCCCC/C=C/C/C=C/C/C=C/CCCC(=O)OC(COCCC(C(=O)O)[N+](C)(C)C)COC(=O)CCCCCCCCC/C=C/CCCCCCCCCCCCCC. The fourth-order valence-electron chi connectivity index (χ4n) is 7.81. The minimum absolute atomic E-state index is 0.0399. The van der Waals surface area contributed by atoms with Gasteiger partial charge in [-0.15, -0.1) is 0 Å². The lowest BCUT2D eigenvalue weighted by Crippen LogP contribution is -2.50. The Morgan fingerprint density at radius 3 is 1.28 bits per heavy atom. The smallest absolute Gasteiger partial charge is 0.362 e. The van der Waals surface area contributed by atoms with Gasteiger partial charge in [0.1, 0.15) is 6.61 Å². The standard InChI is InChI=1S/C56H101NO7/c1-6-8-10-12-14-16-18-20-22-24-25-26-27-28-29-31-32-34-36-38-40-42-44-46-54(58)63-51-52(50-62-49-48-53(56(60)61)57(3,4)5)64-55(59)47-45-43-41-39-37-35-33-30-23-21-19-17-15-13-11-9-7-2/h21,23,28-29,33,35,39,41,52-53H,6-20,22,24-27,30-32,34,36-38,40,42-51H2,1-5H3/p+1/b23-21+,29-28+,35-33+,41-39+. The maximum atomic E-state index is 12.8. The zero-order valence-corrected chi connectivity index (χ0v) is 42.5. The Morgan fingerprint density at radius 1 is 0.469 bits per heavy atom. The molecule has 8 heteroatoms. The van der Waals surface area contributed by atoms with Gasteiger partial charge < -0.3 is 23.8 Å². The molecule has 372 valence electrons. The molecule has 0 rings (SSSR count). The summed E-state index contributed by atoms with van der Waals surface area (Å²) in [6, 6.07) is -0.625. The summed E-state index contributed by atoms with van der Waals surface area (Å²) < 4.78 is 17.3. The summed E-state index contributed by atoms with van der Waals surface area (Å²) >= 11 is 0. The predicted octanol–water partition coefficient (Wildman–Crippen LogP) is 15.5. The van der Waals surface area contributed by atoms with Crippen molar-refractivity contribution in [2.75, 3.05) is 41.0 Å². The second kappa shape index (κ2) is 46.8. The summed E-state index contributed by atoms with van der Waals surface area (Å²) in [5.74, 6) is -1.53. The lowest BCUT2D eigenvalue weighted by Gasteiger charge is -2.31. The second-order valence-corrected chi connectivity index (χ2v) is 19.1. The van der Waals surface area contributed by atoms with Crippen molar-refractivity contribution in [3.8, 4) is 0 Å². The number of carbonyl (C=O) groups is 3. The van der Waals surface area contributed by atoms with E-state index in [1.54, 1.807) is 0 Å². The maximum absolute atomic E-state index is 12.8. The number of hydrogen-bond acceptors (Lipinski definition) is 6. The van der Waals surface area contributed by atoms with Crippen LogP contribution in [0.5, 0.6) is 0 Å². The van der Waals surface area contributed by atoms with E-state index in [0.29, 0.717) is 19.3 Å². The number of unbranched alkanes of at least 4 members (excludes halogenated alkanes) is 26. The van der Waals surface area contributed by atoms with E-state index in [-0.39, 0.29) is 42.7 Å². The quantitative estimate of drug-likeness (QED) is 0.0281. The Kier molecular flexibility index (Phi) is 44.8. The number of allylic oxidation sites excluding steroid dienone is 8. The average molecular weight is 901 g/mol. The largest absolute Gasteiger partial charge is 0.477 e. The molecule has 0 fully saturated rings. The third kappa shape index (κ3) is 44.5. The van der Waals surface area contributed by atoms with E-state index in [9.17, 15) is 19.5 Å². The van der Waals surface area contributed by atoms with Crippen LogP contribution in [0.1, 0.15) is 239 Å². The van der Waals surface area contributed by atoms with Crippen molar-refractivity contribution in [2.45, 2.75) is 251 Å². The summed E-state index contributed by atoms with van der Waals surface area (Å²) in [6.07, 6.45) is 57.5. The van der Waals surface area contributed by atoms with E-state index in [1.165, 1.54) is 161 Å². The molecule has 2 unspecified atom stereocenters. The Bertz CT molecular complexity index is 1190. The topological polar surface area (TPSA) is 99.1 Å². The number of carbonyl (C=O) groups excluding carboxylic acids is 2. The van der Waals surface area contributed by atoms with Gasteiger partial charge in [-0.25, -0.2) is 4.79 Å². The zero-order chi connectivity index (χ0) is 47.0. The molecule has 0 aliphatic heterocycles. The van der Waals surface area contributed by atoms with Crippen molar-refractivity contribution >= 4 is 17.9 Å². The van der Waals surface area contributed by atoms with E-state index in [4.69, 9.17) is 14.2 Å². The molecule has 1 N–H and O–H groups in total. The molecular weight excluding hydrogens is 799 g/mol. The van der Waals surface area contributed by atoms with E-state index >= 15 is 0 Å². The van der Waals surface area contributed by atoms with Crippen LogP contribution >= 0.6 is 0 Å². The molecule has 0 amide bonds. The number of aliphatic carboxylic acids is 1. The van der Waals surface area contributed by atoms with Crippen LogP contribution in [0.25, 0.3) is 0 Å². The molecule has 8 nitrogen and oxygen atoms in total. The molecule has 0 aromatic rings. The Morgan fingerprint density at radius 2 is 0.844 bits per heavy atom. The van der Waals surface area contributed by atoms with Crippen LogP contribution in [-0.4, -0.2) is 80.6 Å². The molecule has 0 bridgehead atoms. The van der Waals surface area contributed by atoms with Crippen LogP contribution in [-0.2, 0) is 28.6 Å². The third-order valence-electron chi connectivity index (χ3n) is 12.0. The van der Waals surface area contributed by atoms with E-state index in [2.05, 4.69) is 62.5 Å². The number of carboxylic acids is 1. The van der Waals surface area contributed by atoms with Gasteiger partial charge in [-0.3, -0.25) is 9.59 Å². The number of carboxylic acid groups (broad SMARTS) is 1. The number of ether oxygens (including phenoxy) is 3. The van der Waals surface area contributed by atoms with Crippen LogP contribution in [0.4, 0.5) is 0 Å². The van der Waals surface area contributed by atoms with Gasteiger partial charge in [-0.2, -0.15) is 0 Å². The van der Waals surface area contributed by atoms with Crippen LogP contribution in [0.3, 0.4) is 0 Å². The monoisotopic (exact) mass is 901 g/mol. The molecular formula is C56H102NO7+. The van der Waals surface area contributed by atoms with Crippen LogP contribution < -0.4 is 0 Å². The minimum Gasteiger partial charge on any atom is -0.477 e. The first-order valence-corrected chi connectivity index (χ1v) is 26.7. The van der Waals surface area contributed by atoms with E-state index < -0.39 is 18.1 Å². The van der Waals surface area contributed by atoms with Gasteiger partial charge in [-0.1, -0.05) is 197 Å². The average Bonchev–Trinajstić information content (AvgIpc) is 3.26. The number of likely N-dealkylation sites (N-methyl/N-ethyl adjacent to an activating group) is 1. The van der Waals surface area contributed by atoms with Gasteiger partial charge in [0.15, 0.2) is 12.1 Å². The molecule has 0 aliphatic rings. The van der Waals surface area contributed by atoms with Crippen molar-refractivity contribution in [3.05, 3.63) is 48.6 Å². The van der Waals surface area contributed by atoms with Crippen LogP contribution in [0.2, 0.25) is 0 Å². The maximum Gasteiger partial charge on any atom is 0.362 e. The van der Waals surface area contributed by atoms with Crippen molar-refractivity contribution in [3.63, 3.8) is 0 Å². The summed E-state index contributed by atoms with van der Waals surface area (Å²) in [6.45, 7) is 4.70. The van der Waals surface area contributed by atoms with Crippen molar-refractivity contribution in [1.82, 2.24) is 0 Å². The highest BCUT2D eigenvalue weighted by Gasteiger charge is 2.31. The lowest BCUT2D eigenvalue weighted by atomic mass is 10.0. The van der Waals surface area contributed by atoms with Crippen molar-refractivity contribution in [2.24, 2.45) is 0 Å². The first-order chi connectivity index (χ1) is 31.1. The molecule has 0 radical (unpaired) electrons. The number of hydrogen-bond donors (Lipinski definition) is 1. The Hall–Kier alpha value is -2.71. The van der Waals surface area contributed by atoms with Crippen molar-refractivity contribution in [1.29, 1.82) is 0 Å².